The second-order valence-corrected chi connectivity index (χ2v) is 7.32. The Morgan fingerprint density at radius 2 is 1.97 bits per heavy atom. The van der Waals surface area contributed by atoms with Crippen LogP contribution < -0.4 is 27.2 Å². The summed E-state index contributed by atoms with van der Waals surface area (Å²) >= 11 is 3.38. The summed E-state index contributed by atoms with van der Waals surface area (Å²) < 4.78 is 0.669. The van der Waals surface area contributed by atoms with Gasteiger partial charge in [-0.1, -0.05) is 6.07 Å². The van der Waals surface area contributed by atoms with Crippen molar-refractivity contribution in [1.82, 2.24) is 20.3 Å². The molecule has 3 amide bonds. The quantitative estimate of drug-likeness (QED) is 0.242. The average Bonchev–Trinajstić information content (AvgIpc) is 3.25. The highest BCUT2D eigenvalue weighted by molar-refractivity contribution is 9.10. The lowest BCUT2D eigenvalue weighted by Crippen LogP contribution is -2.32. The number of nitrogens with zero attached hydrogens (tertiary/aromatic N) is 3. The fourth-order valence-corrected chi connectivity index (χ4v) is 3.18. The van der Waals surface area contributed by atoms with Gasteiger partial charge in [0.2, 0.25) is 11.9 Å². The third-order valence-corrected chi connectivity index (χ3v) is 4.89. The molecule has 154 valence electrons. The van der Waals surface area contributed by atoms with E-state index in [1.807, 2.05) is 24.3 Å². The highest BCUT2D eigenvalue weighted by Crippen LogP contribution is 2.23. The fraction of sp³-hybridized carbons (Fsp3) is 0.333. The van der Waals surface area contributed by atoms with Gasteiger partial charge in [-0.25, -0.2) is 15.6 Å². The summed E-state index contributed by atoms with van der Waals surface area (Å²) in [5.74, 6) is 5.72. The molecule has 1 fully saturated rings. The largest absolute Gasteiger partial charge is 0.368 e. The molecule has 2 heterocycles. The van der Waals surface area contributed by atoms with Gasteiger partial charge in [0.05, 0.1) is 4.47 Å². The van der Waals surface area contributed by atoms with Crippen LogP contribution in [0.15, 0.2) is 34.9 Å². The second-order valence-electron chi connectivity index (χ2n) is 6.46. The van der Waals surface area contributed by atoms with E-state index in [0.29, 0.717) is 28.5 Å². The maximum absolute atomic E-state index is 12.3. The van der Waals surface area contributed by atoms with Crippen LogP contribution in [0, 0.1) is 0 Å². The first-order valence-corrected chi connectivity index (χ1v) is 10.0. The molecule has 0 unspecified atom stereocenters. The minimum atomic E-state index is -0.270. The van der Waals surface area contributed by atoms with E-state index < -0.39 is 0 Å². The lowest BCUT2D eigenvalue weighted by molar-refractivity contribution is -0.120. The topological polar surface area (TPSA) is 137 Å². The number of hydrogen-bond donors (Lipinski definition) is 5. The number of urea groups is 1. The van der Waals surface area contributed by atoms with Gasteiger partial charge in [-0.05, 0) is 47.0 Å². The molecule has 0 aliphatic carbocycles. The molecular formula is C18H23BrN8O2. The number of anilines is 4. The van der Waals surface area contributed by atoms with Gasteiger partial charge >= 0.3 is 6.03 Å². The molecule has 6 N–H and O–H groups in total. The predicted molar refractivity (Wildman–Crippen MR) is 115 cm³/mol. The van der Waals surface area contributed by atoms with E-state index in [0.717, 1.165) is 31.6 Å². The van der Waals surface area contributed by atoms with E-state index in [-0.39, 0.29) is 18.4 Å². The van der Waals surface area contributed by atoms with Crippen LogP contribution in [-0.4, -0.2) is 46.4 Å². The molecule has 0 radical (unpaired) electrons. The molecular weight excluding hydrogens is 440 g/mol. The summed E-state index contributed by atoms with van der Waals surface area (Å²) in [6, 6.07) is 7.25. The molecule has 1 saturated heterocycles. The minimum absolute atomic E-state index is 0.0902. The summed E-state index contributed by atoms with van der Waals surface area (Å²) in [6.45, 7) is 1.95. The zero-order valence-corrected chi connectivity index (χ0v) is 17.3. The molecule has 1 aromatic carbocycles. The predicted octanol–water partition coefficient (Wildman–Crippen LogP) is 2.40. The SMILES string of the molecule is NNC(=O)CCNc1nc(Nc2cccc(NC(=O)N3CCCC3)c2)ncc1Br. The van der Waals surface area contributed by atoms with Crippen LogP contribution in [0.2, 0.25) is 0 Å². The third-order valence-electron chi connectivity index (χ3n) is 4.31. The smallest absolute Gasteiger partial charge is 0.321 e. The molecule has 29 heavy (non-hydrogen) atoms. The molecule has 10 nitrogen and oxygen atoms in total. The van der Waals surface area contributed by atoms with Gasteiger partial charge in [-0.3, -0.25) is 10.2 Å². The molecule has 3 rings (SSSR count). The number of likely N-dealkylation sites (tertiary alicyclic amines) is 1. The molecule has 0 bridgehead atoms. The molecule has 0 atom stereocenters. The Balaban J connectivity index is 1.62. The van der Waals surface area contributed by atoms with Crippen molar-refractivity contribution in [2.45, 2.75) is 19.3 Å². The molecule has 1 aliphatic heterocycles. The molecule has 11 heteroatoms. The summed E-state index contributed by atoms with van der Waals surface area (Å²) in [5.41, 5.74) is 3.50. The van der Waals surface area contributed by atoms with Crippen LogP contribution in [0.5, 0.6) is 0 Å². The van der Waals surface area contributed by atoms with E-state index in [9.17, 15) is 9.59 Å². The van der Waals surface area contributed by atoms with Crippen molar-refractivity contribution in [3.05, 3.63) is 34.9 Å². The van der Waals surface area contributed by atoms with Gasteiger partial charge in [0.15, 0.2) is 0 Å². The Labute approximate surface area is 176 Å². The number of halogens is 1. The number of carbonyl (C=O) groups excluding carboxylic acids is 2. The van der Waals surface area contributed by atoms with Crippen molar-refractivity contribution in [3.8, 4) is 0 Å². The molecule has 2 aromatic rings. The lowest BCUT2D eigenvalue weighted by Gasteiger charge is -2.16. The minimum Gasteiger partial charge on any atom is -0.368 e. The maximum Gasteiger partial charge on any atom is 0.321 e. The normalized spacial score (nSPS) is 13.1. The fourth-order valence-electron chi connectivity index (χ4n) is 2.84. The van der Waals surface area contributed by atoms with Crippen LogP contribution in [-0.2, 0) is 4.79 Å². The lowest BCUT2D eigenvalue weighted by atomic mass is 10.3. The van der Waals surface area contributed by atoms with Gasteiger partial charge in [0.1, 0.15) is 5.82 Å². The molecule has 1 aliphatic rings. The number of aromatic nitrogens is 2. The maximum atomic E-state index is 12.3. The summed E-state index contributed by atoms with van der Waals surface area (Å²) in [4.78, 5) is 33.9. The van der Waals surface area contributed by atoms with E-state index in [1.165, 1.54) is 0 Å². The number of carbonyl (C=O) groups is 2. The van der Waals surface area contributed by atoms with Crippen molar-refractivity contribution < 1.29 is 9.59 Å². The van der Waals surface area contributed by atoms with Gasteiger partial charge in [-0.15, -0.1) is 0 Å². The zero-order valence-electron chi connectivity index (χ0n) is 15.7. The monoisotopic (exact) mass is 462 g/mol. The van der Waals surface area contributed by atoms with E-state index in [1.54, 1.807) is 11.1 Å². The second kappa shape index (κ2) is 10.0. The van der Waals surface area contributed by atoms with E-state index in [2.05, 4.69) is 47.3 Å². The number of nitrogens with one attached hydrogen (secondary N) is 4. The Morgan fingerprint density at radius 3 is 2.72 bits per heavy atom. The number of hydrazine groups is 1. The van der Waals surface area contributed by atoms with Crippen molar-refractivity contribution in [3.63, 3.8) is 0 Å². The molecule has 0 saturated carbocycles. The summed E-state index contributed by atoms with van der Waals surface area (Å²) in [7, 11) is 0. The van der Waals surface area contributed by atoms with Crippen LogP contribution in [0.1, 0.15) is 19.3 Å². The first-order chi connectivity index (χ1) is 14.0. The van der Waals surface area contributed by atoms with Gasteiger partial charge < -0.3 is 20.9 Å². The highest BCUT2D eigenvalue weighted by atomic mass is 79.9. The van der Waals surface area contributed by atoms with Crippen molar-refractivity contribution >= 4 is 51.0 Å². The number of nitrogens with two attached hydrogens (primary N) is 1. The van der Waals surface area contributed by atoms with Gasteiger partial charge in [-0.2, -0.15) is 4.98 Å². The Morgan fingerprint density at radius 1 is 1.21 bits per heavy atom. The average molecular weight is 463 g/mol. The first kappa shape index (κ1) is 20.8. The third kappa shape index (κ3) is 6.03. The van der Waals surface area contributed by atoms with Crippen LogP contribution in [0.25, 0.3) is 0 Å². The van der Waals surface area contributed by atoms with Crippen molar-refractivity contribution in [2.75, 3.05) is 35.6 Å². The van der Waals surface area contributed by atoms with E-state index in [4.69, 9.17) is 5.84 Å². The first-order valence-electron chi connectivity index (χ1n) is 9.24. The standard InChI is InChI=1S/C18H23BrN8O2/c19-14-11-22-17(25-16(14)21-7-6-15(28)26-20)23-12-4-3-5-13(10-12)24-18(29)27-8-1-2-9-27/h3-5,10-11H,1-2,6-9,20H2,(H,24,29)(H,26,28)(H2,21,22,23,25). The number of amides is 3. The molecule has 0 spiro atoms. The Bertz CT molecular complexity index is 873. The molecule has 1 aromatic heterocycles. The van der Waals surface area contributed by atoms with Gasteiger partial charge in [0, 0.05) is 43.6 Å². The van der Waals surface area contributed by atoms with Crippen LogP contribution >= 0.6 is 15.9 Å². The Kier molecular flexibility index (Phi) is 7.19. The number of hydrogen-bond acceptors (Lipinski definition) is 7. The highest BCUT2D eigenvalue weighted by Gasteiger charge is 2.17. The summed E-state index contributed by atoms with van der Waals surface area (Å²) in [5, 5.41) is 9.09. The van der Waals surface area contributed by atoms with Crippen LogP contribution in [0.3, 0.4) is 0 Å². The zero-order chi connectivity index (χ0) is 20.6. The summed E-state index contributed by atoms with van der Waals surface area (Å²) in [6.07, 6.45) is 3.92. The van der Waals surface area contributed by atoms with Gasteiger partial charge in [0.25, 0.3) is 0 Å². The van der Waals surface area contributed by atoms with Crippen LogP contribution in [0.4, 0.5) is 27.9 Å². The van der Waals surface area contributed by atoms with E-state index >= 15 is 0 Å². The number of rotatable bonds is 7. The number of benzene rings is 1. The van der Waals surface area contributed by atoms with Crippen molar-refractivity contribution in [2.24, 2.45) is 5.84 Å². The van der Waals surface area contributed by atoms with Crippen molar-refractivity contribution in [1.29, 1.82) is 0 Å². The Hall–Kier alpha value is -2.92.